The lowest BCUT2D eigenvalue weighted by atomic mass is 10.2. The Morgan fingerprint density at radius 3 is 2.85 bits per heavy atom. The van der Waals surface area contributed by atoms with E-state index in [0.717, 1.165) is 5.56 Å². The highest BCUT2D eigenvalue weighted by Gasteiger charge is 1.96. The molecule has 0 aliphatic carbocycles. The van der Waals surface area contributed by atoms with Crippen LogP contribution in [0.2, 0.25) is 0 Å². The van der Waals surface area contributed by atoms with Crippen molar-refractivity contribution < 1.29 is 9.90 Å². The zero-order valence-corrected chi connectivity index (χ0v) is 7.45. The summed E-state index contributed by atoms with van der Waals surface area (Å²) in [5, 5.41) is 11.2. The van der Waals surface area contributed by atoms with Crippen molar-refractivity contribution in [2.75, 3.05) is 11.9 Å². The van der Waals surface area contributed by atoms with Crippen molar-refractivity contribution in [1.82, 2.24) is 4.98 Å². The van der Waals surface area contributed by atoms with E-state index in [1.807, 2.05) is 6.07 Å². The van der Waals surface area contributed by atoms with Crippen molar-refractivity contribution in [2.24, 2.45) is 0 Å². The average molecular weight is 180 g/mol. The first-order valence-corrected chi connectivity index (χ1v) is 4.06. The number of nitrogens with zero attached hydrogens (tertiary/aromatic N) is 1. The van der Waals surface area contributed by atoms with Crippen LogP contribution in [-0.4, -0.2) is 22.6 Å². The molecule has 4 nitrogen and oxygen atoms in total. The van der Waals surface area contributed by atoms with Gasteiger partial charge < -0.3 is 10.4 Å². The summed E-state index contributed by atoms with van der Waals surface area (Å²) in [5.41, 5.74) is 0.955. The van der Waals surface area contributed by atoms with Crippen molar-refractivity contribution in [3.8, 4) is 0 Å². The number of hydrogen-bond acceptors (Lipinski definition) is 3. The average Bonchev–Trinajstić information content (AvgIpc) is 2.08. The molecule has 70 valence electrons. The number of aliphatic hydroxyl groups excluding tert-OH is 1. The second kappa shape index (κ2) is 4.57. The molecule has 0 bridgehead atoms. The molecule has 1 rings (SSSR count). The number of aliphatic hydroxyl groups is 1. The molecule has 0 atom stereocenters. The number of carbonyl (C=O) groups excluding carboxylic acids is 1. The maximum absolute atomic E-state index is 10.6. The Labute approximate surface area is 76.6 Å². The lowest BCUT2D eigenvalue weighted by molar-refractivity contribution is -0.114. The molecular weight excluding hydrogens is 168 g/mol. The summed E-state index contributed by atoms with van der Waals surface area (Å²) in [6.07, 6.45) is 2.23. The molecular formula is C9H12N2O2. The van der Waals surface area contributed by atoms with Crippen LogP contribution in [0.25, 0.3) is 0 Å². The minimum atomic E-state index is -0.137. The largest absolute Gasteiger partial charge is 0.396 e. The fourth-order valence-corrected chi connectivity index (χ4v) is 0.956. The SMILES string of the molecule is CC(=O)Nc1ccc(CCO)cn1. The molecule has 13 heavy (non-hydrogen) atoms. The van der Waals surface area contributed by atoms with Crippen LogP contribution in [0.1, 0.15) is 12.5 Å². The number of aromatic nitrogens is 1. The second-order valence-electron chi connectivity index (χ2n) is 2.71. The Bertz CT molecular complexity index is 282. The number of rotatable bonds is 3. The van der Waals surface area contributed by atoms with Gasteiger partial charge in [-0.2, -0.15) is 0 Å². The first-order valence-electron chi connectivity index (χ1n) is 4.06. The summed E-state index contributed by atoms with van der Waals surface area (Å²) in [7, 11) is 0. The predicted molar refractivity (Wildman–Crippen MR) is 49.3 cm³/mol. The topological polar surface area (TPSA) is 62.2 Å². The van der Waals surface area contributed by atoms with E-state index in [9.17, 15) is 4.79 Å². The van der Waals surface area contributed by atoms with E-state index in [4.69, 9.17) is 5.11 Å². The molecule has 0 aromatic carbocycles. The normalized spacial score (nSPS) is 9.69. The van der Waals surface area contributed by atoms with Crippen molar-refractivity contribution in [3.63, 3.8) is 0 Å². The summed E-state index contributed by atoms with van der Waals surface area (Å²) in [6.45, 7) is 1.55. The Hall–Kier alpha value is -1.42. The molecule has 0 fully saturated rings. The molecule has 1 aromatic heterocycles. The van der Waals surface area contributed by atoms with E-state index in [2.05, 4.69) is 10.3 Å². The highest BCUT2D eigenvalue weighted by atomic mass is 16.2. The standard InChI is InChI=1S/C9H12N2O2/c1-7(13)11-9-3-2-8(4-5-12)6-10-9/h2-3,6,12H,4-5H2,1H3,(H,10,11,13). The Morgan fingerprint density at radius 2 is 2.38 bits per heavy atom. The summed E-state index contributed by atoms with van der Waals surface area (Å²) in [5.74, 6) is 0.400. The molecule has 1 heterocycles. The van der Waals surface area contributed by atoms with Gasteiger partial charge in [-0.05, 0) is 18.1 Å². The van der Waals surface area contributed by atoms with Gasteiger partial charge >= 0.3 is 0 Å². The fourth-order valence-electron chi connectivity index (χ4n) is 0.956. The van der Waals surface area contributed by atoms with Crippen LogP contribution in [0.4, 0.5) is 5.82 Å². The molecule has 1 aromatic rings. The number of hydrogen-bond donors (Lipinski definition) is 2. The fraction of sp³-hybridized carbons (Fsp3) is 0.333. The number of anilines is 1. The van der Waals surface area contributed by atoms with Crippen molar-refractivity contribution >= 4 is 11.7 Å². The van der Waals surface area contributed by atoms with E-state index >= 15 is 0 Å². The van der Waals surface area contributed by atoms with Crippen molar-refractivity contribution in [1.29, 1.82) is 0 Å². The molecule has 0 saturated carbocycles. The monoisotopic (exact) mass is 180 g/mol. The lowest BCUT2D eigenvalue weighted by Crippen LogP contribution is -2.07. The van der Waals surface area contributed by atoms with Crippen LogP contribution in [0.3, 0.4) is 0 Å². The number of amides is 1. The molecule has 1 amide bonds. The zero-order valence-electron chi connectivity index (χ0n) is 7.45. The van der Waals surface area contributed by atoms with Gasteiger partial charge in [0.15, 0.2) is 0 Å². The van der Waals surface area contributed by atoms with Crippen LogP contribution in [0.15, 0.2) is 18.3 Å². The van der Waals surface area contributed by atoms with Crippen LogP contribution in [-0.2, 0) is 11.2 Å². The van der Waals surface area contributed by atoms with Gasteiger partial charge in [0.2, 0.25) is 5.91 Å². The third-order valence-electron chi connectivity index (χ3n) is 1.53. The number of nitrogens with one attached hydrogen (secondary N) is 1. The lowest BCUT2D eigenvalue weighted by Gasteiger charge is -2.01. The quantitative estimate of drug-likeness (QED) is 0.715. The molecule has 4 heteroatoms. The Morgan fingerprint density at radius 1 is 1.62 bits per heavy atom. The van der Waals surface area contributed by atoms with E-state index in [1.54, 1.807) is 12.3 Å². The van der Waals surface area contributed by atoms with Gasteiger partial charge in [-0.15, -0.1) is 0 Å². The number of carbonyl (C=O) groups is 1. The number of pyridine rings is 1. The minimum absolute atomic E-state index is 0.112. The molecule has 0 aliphatic rings. The predicted octanol–water partition coefficient (Wildman–Crippen LogP) is 0.575. The van der Waals surface area contributed by atoms with E-state index in [-0.39, 0.29) is 12.5 Å². The van der Waals surface area contributed by atoms with Gasteiger partial charge in [0, 0.05) is 19.7 Å². The summed E-state index contributed by atoms with van der Waals surface area (Å²) >= 11 is 0. The smallest absolute Gasteiger partial charge is 0.222 e. The molecule has 2 N–H and O–H groups in total. The van der Waals surface area contributed by atoms with Gasteiger partial charge in [0.1, 0.15) is 5.82 Å². The van der Waals surface area contributed by atoms with Gasteiger partial charge in [-0.1, -0.05) is 6.07 Å². The van der Waals surface area contributed by atoms with Crippen molar-refractivity contribution in [3.05, 3.63) is 23.9 Å². The second-order valence-corrected chi connectivity index (χ2v) is 2.71. The van der Waals surface area contributed by atoms with E-state index in [0.29, 0.717) is 12.2 Å². The Balaban J connectivity index is 2.64. The molecule has 0 spiro atoms. The molecule has 0 saturated heterocycles. The third-order valence-corrected chi connectivity index (χ3v) is 1.53. The van der Waals surface area contributed by atoms with Crippen molar-refractivity contribution in [2.45, 2.75) is 13.3 Å². The minimum Gasteiger partial charge on any atom is -0.396 e. The first-order chi connectivity index (χ1) is 6.22. The summed E-state index contributed by atoms with van der Waals surface area (Å²) < 4.78 is 0. The third kappa shape index (κ3) is 3.21. The highest BCUT2D eigenvalue weighted by Crippen LogP contribution is 2.04. The first kappa shape index (κ1) is 9.67. The highest BCUT2D eigenvalue weighted by molar-refractivity contribution is 5.87. The van der Waals surface area contributed by atoms with Gasteiger partial charge in [-0.3, -0.25) is 4.79 Å². The Kier molecular flexibility index (Phi) is 3.40. The van der Waals surface area contributed by atoms with Gasteiger partial charge in [0.05, 0.1) is 0 Å². The van der Waals surface area contributed by atoms with Crippen LogP contribution in [0.5, 0.6) is 0 Å². The molecule has 0 radical (unpaired) electrons. The van der Waals surface area contributed by atoms with Crippen LogP contribution in [0, 0.1) is 0 Å². The van der Waals surface area contributed by atoms with Gasteiger partial charge in [-0.25, -0.2) is 4.98 Å². The summed E-state index contributed by atoms with van der Waals surface area (Å²) in [6, 6.07) is 3.54. The van der Waals surface area contributed by atoms with Gasteiger partial charge in [0.25, 0.3) is 0 Å². The maximum Gasteiger partial charge on any atom is 0.222 e. The molecule has 0 aliphatic heterocycles. The van der Waals surface area contributed by atoms with E-state index in [1.165, 1.54) is 6.92 Å². The maximum atomic E-state index is 10.6. The van der Waals surface area contributed by atoms with E-state index < -0.39 is 0 Å². The molecule has 0 unspecified atom stereocenters. The van der Waals surface area contributed by atoms with Crippen LogP contribution >= 0.6 is 0 Å². The summed E-state index contributed by atoms with van der Waals surface area (Å²) in [4.78, 5) is 14.6. The zero-order chi connectivity index (χ0) is 9.68. The van der Waals surface area contributed by atoms with Crippen LogP contribution < -0.4 is 5.32 Å².